The van der Waals surface area contributed by atoms with E-state index in [1.165, 1.54) is 12.4 Å². The summed E-state index contributed by atoms with van der Waals surface area (Å²) in [6.07, 6.45) is 1.04. The predicted molar refractivity (Wildman–Crippen MR) is 113 cm³/mol. The van der Waals surface area contributed by atoms with E-state index in [0.717, 1.165) is 0 Å². The van der Waals surface area contributed by atoms with Gasteiger partial charge in [0.25, 0.3) is 10.2 Å². The maximum atomic E-state index is 13.2. The SMILES string of the molecule is CC1=C(C(=O)OC(C)C)C(c2ccncc2)C(C(=O)OC(CO[N+](=O)[O-])CO[N+](=O)[O-])=C(C)N1. The zero-order valence-electron chi connectivity index (χ0n) is 18.9. The Morgan fingerprint density at radius 2 is 1.44 bits per heavy atom. The Morgan fingerprint density at radius 1 is 0.971 bits per heavy atom. The van der Waals surface area contributed by atoms with Crippen LogP contribution >= 0.6 is 0 Å². The van der Waals surface area contributed by atoms with E-state index < -0.39 is 53.5 Å². The smallest absolute Gasteiger partial charge is 0.337 e. The fraction of sp³-hybridized carbons (Fsp3) is 0.450. The summed E-state index contributed by atoms with van der Waals surface area (Å²) in [6, 6.07) is 3.21. The van der Waals surface area contributed by atoms with Gasteiger partial charge < -0.3 is 24.5 Å². The number of hydrogen-bond acceptors (Lipinski definition) is 12. The van der Waals surface area contributed by atoms with Crippen LogP contribution in [0.3, 0.4) is 0 Å². The largest absolute Gasteiger partial charge is 0.460 e. The molecule has 0 aromatic carbocycles. The molecule has 1 unspecified atom stereocenters. The van der Waals surface area contributed by atoms with Crippen LogP contribution in [-0.4, -0.2) is 52.5 Å². The van der Waals surface area contributed by atoms with Crippen LogP contribution in [0.4, 0.5) is 0 Å². The van der Waals surface area contributed by atoms with E-state index in [1.54, 1.807) is 39.8 Å². The van der Waals surface area contributed by atoms with Crippen LogP contribution < -0.4 is 5.32 Å². The average Bonchev–Trinajstić information content (AvgIpc) is 2.74. The summed E-state index contributed by atoms with van der Waals surface area (Å²) in [5.41, 5.74) is 1.47. The first-order valence-electron chi connectivity index (χ1n) is 10.1. The van der Waals surface area contributed by atoms with Crippen LogP contribution in [0.5, 0.6) is 0 Å². The van der Waals surface area contributed by atoms with Crippen LogP contribution in [0.1, 0.15) is 39.2 Å². The van der Waals surface area contributed by atoms with E-state index >= 15 is 0 Å². The molecule has 0 saturated heterocycles. The monoisotopic (exact) mass is 480 g/mol. The molecule has 14 heteroatoms. The molecule has 0 saturated carbocycles. The van der Waals surface area contributed by atoms with Gasteiger partial charge in [0.2, 0.25) is 0 Å². The lowest BCUT2D eigenvalue weighted by Crippen LogP contribution is -2.36. The number of ether oxygens (including phenoxy) is 2. The van der Waals surface area contributed by atoms with E-state index in [-0.39, 0.29) is 11.1 Å². The van der Waals surface area contributed by atoms with Crippen molar-refractivity contribution in [2.45, 2.75) is 45.8 Å². The molecule has 0 amide bonds. The number of dihydropyridines is 1. The summed E-state index contributed by atoms with van der Waals surface area (Å²) in [5.74, 6) is -2.58. The summed E-state index contributed by atoms with van der Waals surface area (Å²) >= 11 is 0. The van der Waals surface area contributed by atoms with Crippen molar-refractivity contribution in [1.29, 1.82) is 0 Å². The number of carbonyl (C=O) groups excluding carboxylic acids is 2. The number of esters is 2. The van der Waals surface area contributed by atoms with Crippen molar-refractivity contribution in [2.75, 3.05) is 13.2 Å². The van der Waals surface area contributed by atoms with Gasteiger partial charge in [0.1, 0.15) is 19.3 Å². The second-order valence-corrected chi connectivity index (χ2v) is 7.44. The molecule has 0 bridgehead atoms. The molecule has 0 radical (unpaired) electrons. The molecule has 184 valence electrons. The first kappa shape index (κ1) is 26.0. The number of allylic oxidation sites excluding steroid dienone is 2. The highest BCUT2D eigenvalue weighted by Gasteiger charge is 2.39. The number of rotatable bonds is 11. The van der Waals surface area contributed by atoms with Gasteiger partial charge in [-0.15, -0.1) is 20.2 Å². The molecular formula is C20H24N4O10. The Bertz CT molecular complexity index is 988. The highest BCUT2D eigenvalue weighted by molar-refractivity contribution is 6.00. The van der Waals surface area contributed by atoms with Gasteiger partial charge in [0.05, 0.1) is 23.2 Å². The number of aromatic nitrogens is 1. The van der Waals surface area contributed by atoms with Gasteiger partial charge in [-0.05, 0) is 45.4 Å². The number of pyridine rings is 1. The maximum Gasteiger partial charge on any atom is 0.337 e. The lowest BCUT2D eigenvalue weighted by molar-refractivity contribution is -0.768. The molecule has 1 N–H and O–H groups in total. The summed E-state index contributed by atoms with van der Waals surface area (Å²) in [4.78, 5) is 59.6. The number of carbonyl (C=O) groups is 2. The van der Waals surface area contributed by atoms with Crippen molar-refractivity contribution in [2.24, 2.45) is 0 Å². The minimum atomic E-state index is -1.49. The van der Waals surface area contributed by atoms with E-state index in [2.05, 4.69) is 20.0 Å². The quantitative estimate of drug-likeness (QED) is 0.275. The molecule has 1 aromatic heterocycles. The van der Waals surface area contributed by atoms with E-state index in [0.29, 0.717) is 17.0 Å². The highest BCUT2D eigenvalue weighted by atomic mass is 17.0. The third kappa shape index (κ3) is 6.88. The molecule has 2 heterocycles. The number of hydrogen-bond donors (Lipinski definition) is 1. The van der Waals surface area contributed by atoms with Gasteiger partial charge in [-0.3, -0.25) is 4.98 Å². The van der Waals surface area contributed by atoms with Crippen molar-refractivity contribution in [1.82, 2.24) is 10.3 Å². The Hall–Kier alpha value is -4.23. The second-order valence-electron chi connectivity index (χ2n) is 7.44. The molecular weight excluding hydrogens is 456 g/mol. The molecule has 0 spiro atoms. The highest BCUT2D eigenvalue weighted by Crippen LogP contribution is 2.39. The molecule has 1 aliphatic rings. The van der Waals surface area contributed by atoms with Crippen molar-refractivity contribution in [3.8, 4) is 0 Å². The lowest BCUT2D eigenvalue weighted by atomic mass is 9.80. The molecule has 1 aliphatic heterocycles. The molecule has 1 atom stereocenters. The first-order chi connectivity index (χ1) is 16.0. The van der Waals surface area contributed by atoms with Crippen molar-refractivity contribution < 1.29 is 38.9 Å². The summed E-state index contributed by atoms with van der Waals surface area (Å²) in [7, 11) is 0. The third-order valence-electron chi connectivity index (χ3n) is 4.59. The Labute approximate surface area is 193 Å². The topological polar surface area (TPSA) is 182 Å². The molecule has 2 rings (SSSR count). The van der Waals surface area contributed by atoms with Crippen molar-refractivity contribution in [3.05, 3.63) is 72.9 Å². The average molecular weight is 480 g/mol. The fourth-order valence-electron chi connectivity index (χ4n) is 3.32. The Kier molecular flexibility index (Phi) is 8.86. The van der Waals surface area contributed by atoms with Crippen LogP contribution in [0.25, 0.3) is 0 Å². The van der Waals surface area contributed by atoms with E-state index in [9.17, 15) is 29.8 Å². The lowest BCUT2D eigenvalue weighted by Gasteiger charge is -2.31. The standard InChI is InChI=1S/C20H24N4O10/c1-11(2)33-19(25)16-12(3)22-13(4)17(18(16)14-5-7-21-8-6-14)20(26)34-15(9-31-23(27)28)10-32-24(29)30/h5-8,11,15,18,22H,9-10H2,1-4H3. The first-order valence-corrected chi connectivity index (χ1v) is 10.1. The zero-order chi connectivity index (χ0) is 25.4. The van der Waals surface area contributed by atoms with Crippen LogP contribution in [0, 0.1) is 20.2 Å². The van der Waals surface area contributed by atoms with Crippen molar-refractivity contribution >= 4 is 11.9 Å². The van der Waals surface area contributed by atoms with E-state index in [1.807, 2.05) is 0 Å². The number of nitrogens with one attached hydrogen (secondary N) is 1. The Morgan fingerprint density at radius 3 is 1.88 bits per heavy atom. The van der Waals surface area contributed by atoms with Gasteiger partial charge in [-0.25, -0.2) is 9.59 Å². The summed E-state index contributed by atoms with van der Waals surface area (Å²) in [5, 5.41) is 21.8. The molecule has 14 nitrogen and oxygen atoms in total. The predicted octanol–water partition coefficient (Wildman–Crippen LogP) is 1.60. The summed E-state index contributed by atoms with van der Waals surface area (Å²) in [6.45, 7) is 4.98. The molecule has 1 aromatic rings. The van der Waals surface area contributed by atoms with E-state index in [4.69, 9.17) is 9.47 Å². The molecule has 34 heavy (non-hydrogen) atoms. The maximum absolute atomic E-state index is 13.2. The minimum Gasteiger partial charge on any atom is -0.460 e. The van der Waals surface area contributed by atoms with Gasteiger partial charge in [0, 0.05) is 23.8 Å². The normalized spacial score (nSPS) is 15.6. The van der Waals surface area contributed by atoms with Crippen LogP contribution in [0.15, 0.2) is 47.1 Å². The minimum absolute atomic E-state index is 0.000266. The van der Waals surface area contributed by atoms with Gasteiger partial charge in [0.15, 0.2) is 0 Å². The Balaban J connectivity index is 2.45. The van der Waals surface area contributed by atoms with Gasteiger partial charge in [-0.1, -0.05) is 0 Å². The number of nitrogens with zero attached hydrogens (tertiary/aromatic N) is 3. The molecule has 0 fully saturated rings. The molecule has 0 aliphatic carbocycles. The summed E-state index contributed by atoms with van der Waals surface area (Å²) < 4.78 is 10.6. The van der Waals surface area contributed by atoms with Crippen molar-refractivity contribution in [3.63, 3.8) is 0 Å². The van der Waals surface area contributed by atoms with Gasteiger partial charge in [-0.2, -0.15) is 0 Å². The third-order valence-corrected chi connectivity index (χ3v) is 4.59. The van der Waals surface area contributed by atoms with Crippen LogP contribution in [0.2, 0.25) is 0 Å². The zero-order valence-corrected chi connectivity index (χ0v) is 18.9. The van der Waals surface area contributed by atoms with Crippen LogP contribution in [-0.2, 0) is 28.7 Å². The second kappa shape index (κ2) is 11.6. The fourth-order valence-corrected chi connectivity index (χ4v) is 3.32. The van der Waals surface area contributed by atoms with Gasteiger partial charge >= 0.3 is 11.9 Å².